The van der Waals surface area contributed by atoms with Crippen LogP contribution in [0.1, 0.15) is 24.8 Å². The Bertz CT molecular complexity index is 366. The number of hydrogen-bond donors (Lipinski definition) is 0. The van der Waals surface area contributed by atoms with Gasteiger partial charge in [0.05, 0.1) is 6.07 Å². The van der Waals surface area contributed by atoms with Crippen LogP contribution in [0.25, 0.3) is 0 Å². The van der Waals surface area contributed by atoms with Crippen molar-refractivity contribution in [1.82, 2.24) is 0 Å². The smallest absolute Gasteiger partial charge is 0.159 e. The third-order valence-electron chi connectivity index (χ3n) is 2.86. The van der Waals surface area contributed by atoms with Gasteiger partial charge in [0.15, 0.2) is 12.4 Å². The summed E-state index contributed by atoms with van der Waals surface area (Å²) in [4.78, 5) is 0. The highest BCUT2D eigenvalue weighted by Crippen LogP contribution is 2.17. The Morgan fingerprint density at radius 1 is 1.35 bits per heavy atom. The first-order chi connectivity index (χ1) is 8.38. The van der Waals surface area contributed by atoms with Crippen molar-refractivity contribution in [3.63, 3.8) is 0 Å². The molecule has 0 amide bonds. The Hall–Kier alpha value is -1.37. The number of rotatable bonds is 4. The average molecular weight is 231 g/mol. The second-order valence-electron chi connectivity index (χ2n) is 4.24. The molecule has 1 aromatic rings. The van der Waals surface area contributed by atoms with Gasteiger partial charge < -0.3 is 9.47 Å². The Labute approximate surface area is 102 Å². The molecule has 3 nitrogen and oxygen atoms in total. The Kier molecular flexibility index (Phi) is 4.54. The Morgan fingerprint density at radius 2 is 2.18 bits per heavy atom. The minimum atomic E-state index is -0.416. The average Bonchev–Trinajstić information content (AvgIpc) is 2.40. The zero-order valence-electron chi connectivity index (χ0n) is 9.84. The summed E-state index contributed by atoms with van der Waals surface area (Å²) in [5.74, 6) is 0. The van der Waals surface area contributed by atoms with Crippen molar-refractivity contribution in [3.05, 3.63) is 35.9 Å². The molecule has 3 heteroatoms. The van der Waals surface area contributed by atoms with Crippen LogP contribution in [0.2, 0.25) is 0 Å². The lowest BCUT2D eigenvalue weighted by Crippen LogP contribution is -2.28. The highest BCUT2D eigenvalue weighted by atomic mass is 16.7. The lowest BCUT2D eigenvalue weighted by atomic mass is 10.1. The number of hydrogen-bond acceptors (Lipinski definition) is 3. The highest BCUT2D eigenvalue weighted by Gasteiger charge is 2.19. The fourth-order valence-corrected chi connectivity index (χ4v) is 1.95. The minimum Gasteiger partial charge on any atom is -0.353 e. The van der Waals surface area contributed by atoms with Gasteiger partial charge in [0.25, 0.3) is 0 Å². The van der Waals surface area contributed by atoms with Crippen LogP contribution in [0, 0.1) is 11.3 Å². The van der Waals surface area contributed by atoms with Gasteiger partial charge in [0.2, 0.25) is 0 Å². The fraction of sp³-hybridized carbons (Fsp3) is 0.500. The predicted octanol–water partition coefficient (Wildman–Crippen LogP) is 2.66. The van der Waals surface area contributed by atoms with E-state index < -0.39 is 6.10 Å². The van der Waals surface area contributed by atoms with Gasteiger partial charge in [0.1, 0.15) is 0 Å². The zero-order chi connectivity index (χ0) is 11.9. The van der Waals surface area contributed by atoms with E-state index in [1.807, 2.05) is 30.3 Å². The summed E-state index contributed by atoms with van der Waals surface area (Å²) in [6, 6.07) is 12.1. The van der Waals surface area contributed by atoms with E-state index >= 15 is 0 Å². The molecule has 0 N–H and O–H groups in total. The molecule has 0 spiro atoms. The summed E-state index contributed by atoms with van der Waals surface area (Å²) in [6.45, 7) is 0.744. The van der Waals surface area contributed by atoms with E-state index in [9.17, 15) is 0 Å². The van der Waals surface area contributed by atoms with E-state index in [2.05, 4.69) is 6.07 Å². The summed E-state index contributed by atoms with van der Waals surface area (Å²) in [5.41, 5.74) is 1.12. The lowest BCUT2D eigenvalue weighted by Gasteiger charge is -2.24. The van der Waals surface area contributed by atoms with E-state index in [-0.39, 0.29) is 6.29 Å². The zero-order valence-corrected chi connectivity index (χ0v) is 9.84. The van der Waals surface area contributed by atoms with Crippen molar-refractivity contribution in [2.75, 3.05) is 6.61 Å². The topological polar surface area (TPSA) is 42.2 Å². The molecule has 0 aromatic heterocycles. The van der Waals surface area contributed by atoms with Crippen LogP contribution in [0.15, 0.2) is 30.3 Å². The monoisotopic (exact) mass is 231 g/mol. The fourth-order valence-electron chi connectivity index (χ4n) is 1.95. The maximum atomic E-state index is 9.09. The molecule has 1 aliphatic heterocycles. The number of ether oxygens (including phenoxy) is 2. The maximum Gasteiger partial charge on any atom is 0.159 e. The molecule has 1 aliphatic rings. The van der Waals surface area contributed by atoms with Crippen LogP contribution in [0.4, 0.5) is 0 Å². The molecule has 0 saturated carbocycles. The Morgan fingerprint density at radius 3 is 2.82 bits per heavy atom. The maximum absolute atomic E-state index is 9.09. The van der Waals surface area contributed by atoms with Crippen molar-refractivity contribution in [1.29, 1.82) is 5.26 Å². The van der Waals surface area contributed by atoms with Gasteiger partial charge in [-0.15, -0.1) is 0 Å². The van der Waals surface area contributed by atoms with Crippen LogP contribution in [-0.4, -0.2) is 19.0 Å². The lowest BCUT2D eigenvalue weighted by molar-refractivity contribution is -0.176. The van der Waals surface area contributed by atoms with Gasteiger partial charge in [-0.2, -0.15) is 5.26 Å². The van der Waals surface area contributed by atoms with Gasteiger partial charge in [-0.05, 0) is 24.8 Å². The third-order valence-corrected chi connectivity index (χ3v) is 2.86. The largest absolute Gasteiger partial charge is 0.353 e. The van der Waals surface area contributed by atoms with Crippen molar-refractivity contribution in [3.8, 4) is 6.07 Å². The SMILES string of the molecule is N#CC(Cc1ccccc1)OC1CCCCO1. The molecule has 0 aliphatic carbocycles. The number of nitriles is 1. The standard InChI is InChI=1S/C14H17NO2/c15-11-13(10-12-6-2-1-3-7-12)17-14-8-4-5-9-16-14/h1-3,6-7,13-14H,4-5,8-10H2. The van der Waals surface area contributed by atoms with Gasteiger partial charge in [-0.25, -0.2) is 0 Å². The first-order valence-corrected chi connectivity index (χ1v) is 6.09. The van der Waals surface area contributed by atoms with Crippen LogP contribution >= 0.6 is 0 Å². The number of nitrogens with zero attached hydrogens (tertiary/aromatic N) is 1. The molecule has 2 rings (SSSR count). The molecule has 0 bridgehead atoms. The number of benzene rings is 1. The Balaban J connectivity index is 1.86. The van der Waals surface area contributed by atoms with E-state index in [4.69, 9.17) is 14.7 Å². The molecule has 1 aromatic carbocycles. The summed E-state index contributed by atoms with van der Waals surface area (Å²) >= 11 is 0. The van der Waals surface area contributed by atoms with E-state index in [1.165, 1.54) is 0 Å². The first-order valence-electron chi connectivity index (χ1n) is 6.09. The van der Waals surface area contributed by atoms with Crippen molar-refractivity contribution >= 4 is 0 Å². The molecule has 1 heterocycles. The molecule has 1 saturated heterocycles. The van der Waals surface area contributed by atoms with E-state index in [0.717, 1.165) is 31.4 Å². The molecule has 2 unspecified atom stereocenters. The second kappa shape index (κ2) is 6.39. The molecule has 0 radical (unpaired) electrons. The van der Waals surface area contributed by atoms with Gasteiger partial charge >= 0.3 is 0 Å². The molecular formula is C14H17NO2. The van der Waals surface area contributed by atoms with Crippen molar-refractivity contribution in [2.45, 2.75) is 38.1 Å². The quantitative estimate of drug-likeness (QED) is 0.800. The molecule has 90 valence electrons. The van der Waals surface area contributed by atoms with Gasteiger partial charge in [0, 0.05) is 13.0 Å². The third kappa shape index (κ3) is 3.85. The van der Waals surface area contributed by atoms with E-state index in [1.54, 1.807) is 0 Å². The second-order valence-corrected chi connectivity index (χ2v) is 4.24. The van der Waals surface area contributed by atoms with Crippen LogP contribution < -0.4 is 0 Å². The van der Waals surface area contributed by atoms with Crippen LogP contribution in [0.3, 0.4) is 0 Å². The molecular weight excluding hydrogens is 214 g/mol. The highest BCUT2D eigenvalue weighted by molar-refractivity contribution is 5.17. The van der Waals surface area contributed by atoms with Crippen molar-refractivity contribution in [2.24, 2.45) is 0 Å². The first kappa shape index (κ1) is 12.1. The van der Waals surface area contributed by atoms with Crippen LogP contribution in [-0.2, 0) is 15.9 Å². The summed E-state index contributed by atoms with van der Waals surface area (Å²) in [7, 11) is 0. The van der Waals surface area contributed by atoms with Gasteiger partial charge in [-0.1, -0.05) is 30.3 Å². The van der Waals surface area contributed by atoms with E-state index in [0.29, 0.717) is 6.42 Å². The van der Waals surface area contributed by atoms with Crippen LogP contribution in [0.5, 0.6) is 0 Å². The summed E-state index contributed by atoms with van der Waals surface area (Å²) < 4.78 is 11.1. The summed E-state index contributed by atoms with van der Waals surface area (Å²) in [5, 5.41) is 9.09. The minimum absolute atomic E-state index is 0.197. The predicted molar refractivity (Wildman–Crippen MR) is 64.2 cm³/mol. The van der Waals surface area contributed by atoms with Gasteiger partial charge in [-0.3, -0.25) is 0 Å². The summed E-state index contributed by atoms with van der Waals surface area (Å²) in [6.07, 6.45) is 3.12. The molecule has 2 atom stereocenters. The van der Waals surface area contributed by atoms with Crippen molar-refractivity contribution < 1.29 is 9.47 Å². The molecule has 17 heavy (non-hydrogen) atoms. The normalized spacial score (nSPS) is 21.7. The molecule has 1 fully saturated rings.